The molecule has 5 nitrogen and oxygen atoms in total. The fourth-order valence-electron chi connectivity index (χ4n) is 1.69. The van der Waals surface area contributed by atoms with Crippen LogP contribution in [0.2, 0.25) is 5.02 Å². The zero-order valence-electron chi connectivity index (χ0n) is 11.3. The van der Waals surface area contributed by atoms with Crippen LogP contribution in [0.15, 0.2) is 36.5 Å². The maximum absolute atomic E-state index is 12.4. The van der Waals surface area contributed by atoms with Crippen LogP contribution in [0.4, 0.5) is 11.6 Å². The Morgan fingerprint density at radius 3 is 2.80 bits per heavy atom. The van der Waals surface area contributed by atoms with Gasteiger partial charge in [0.05, 0.1) is 5.02 Å². The summed E-state index contributed by atoms with van der Waals surface area (Å²) >= 11 is 6.06. The molecule has 2 aromatic heterocycles. The largest absolute Gasteiger partial charge is 0.370 e. The molecule has 0 atom stereocenters. The van der Waals surface area contributed by atoms with Crippen LogP contribution >= 0.6 is 11.6 Å². The van der Waals surface area contributed by atoms with Gasteiger partial charge in [-0.25, -0.2) is 9.97 Å². The highest BCUT2D eigenvalue weighted by molar-refractivity contribution is 6.34. The molecule has 1 amide bonds. The van der Waals surface area contributed by atoms with E-state index in [9.17, 15) is 4.79 Å². The number of nitrogens with one attached hydrogen (secondary N) is 1. The number of hydrogen-bond acceptors (Lipinski definition) is 4. The van der Waals surface area contributed by atoms with Gasteiger partial charge in [0.25, 0.3) is 5.91 Å². The monoisotopic (exact) mass is 290 g/mol. The first kappa shape index (κ1) is 14.3. The van der Waals surface area contributed by atoms with Gasteiger partial charge in [-0.05, 0) is 31.2 Å². The predicted octanol–water partition coefficient (Wildman–Crippen LogP) is 2.84. The molecule has 0 aliphatic rings. The van der Waals surface area contributed by atoms with Gasteiger partial charge in [-0.1, -0.05) is 17.7 Å². The minimum atomic E-state index is -0.298. The molecule has 104 valence electrons. The summed E-state index contributed by atoms with van der Waals surface area (Å²) in [6.45, 7) is 2.68. The average Bonchev–Trinajstić information content (AvgIpc) is 2.49. The number of amides is 1. The van der Waals surface area contributed by atoms with Crippen molar-refractivity contribution in [2.24, 2.45) is 0 Å². The first-order valence-electron chi connectivity index (χ1n) is 6.23. The fraction of sp³-hybridized carbons (Fsp3) is 0.214. The number of rotatable bonds is 4. The molecular formula is C14H15ClN4O. The summed E-state index contributed by atoms with van der Waals surface area (Å²) in [5.41, 5.74) is 0.207. The van der Waals surface area contributed by atoms with E-state index in [1.807, 2.05) is 13.0 Å². The number of anilines is 2. The molecule has 0 fully saturated rings. The average molecular weight is 291 g/mol. The quantitative estimate of drug-likeness (QED) is 0.941. The van der Waals surface area contributed by atoms with Crippen LogP contribution in [0.25, 0.3) is 0 Å². The van der Waals surface area contributed by atoms with Gasteiger partial charge in [-0.3, -0.25) is 9.69 Å². The molecular weight excluding hydrogens is 276 g/mol. The van der Waals surface area contributed by atoms with Crippen molar-refractivity contribution < 1.29 is 4.79 Å². The van der Waals surface area contributed by atoms with Crippen LogP contribution in [-0.4, -0.2) is 29.5 Å². The molecule has 2 aromatic rings. The van der Waals surface area contributed by atoms with Crippen LogP contribution in [0.3, 0.4) is 0 Å². The molecule has 2 rings (SSSR count). The highest BCUT2D eigenvalue weighted by Gasteiger charge is 2.19. The molecule has 0 unspecified atom stereocenters. The summed E-state index contributed by atoms with van der Waals surface area (Å²) in [5.74, 6) is 0.868. The molecule has 0 aliphatic carbocycles. The number of halogens is 1. The third-order valence-corrected chi connectivity index (χ3v) is 3.01. The molecule has 20 heavy (non-hydrogen) atoms. The summed E-state index contributed by atoms with van der Waals surface area (Å²) in [6.07, 6.45) is 1.63. The lowest BCUT2D eigenvalue weighted by Crippen LogP contribution is -2.28. The summed E-state index contributed by atoms with van der Waals surface area (Å²) in [5, 5.41) is 3.37. The number of carbonyl (C=O) groups is 1. The summed E-state index contributed by atoms with van der Waals surface area (Å²) in [7, 11) is 1.64. The van der Waals surface area contributed by atoms with Crippen molar-refractivity contribution in [3.63, 3.8) is 0 Å². The van der Waals surface area contributed by atoms with Crippen molar-refractivity contribution in [1.82, 2.24) is 9.97 Å². The SMILES string of the molecule is CCNc1ccc(Cl)c(C(=O)N(C)c2ccccn2)n1. The van der Waals surface area contributed by atoms with E-state index in [1.54, 1.807) is 37.5 Å². The maximum Gasteiger partial charge on any atom is 0.279 e. The van der Waals surface area contributed by atoms with E-state index in [2.05, 4.69) is 15.3 Å². The number of carbonyl (C=O) groups excluding carboxylic acids is 1. The van der Waals surface area contributed by atoms with Gasteiger partial charge in [0, 0.05) is 19.8 Å². The van der Waals surface area contributed by atoms with Crippen molar-refractivity contribution in [1.29, 1.82) is 0 Å². The number of hydrogen-bond donors (Lipinski definition) is 1. The zero-order valence-corrected chi connectivity index (χ0v) is 12.1. The lowest BCUT2D eigenvalue weighted by Gasteiger charge is -2.16. The van der Waals surface area contributed by atoms with E-state index in [0.717, 1.165) is 6.54 Å². The van der Waals surface area contributed by atoms with Gasteiger partial charge in [0.2, 0.25) is 0 Å². The second-order valence-electron chi connectivity index (χ2n) is 4.11. The number of nitrogens with zero attached hydrogens (tertiary/aromatic N) is 3. The zero-order chi connectivity index (χ0) is 14.5. The second kappa shape index (κ2) is 6.34. The summed E-state index contributed by atoms with van der Waals surface area (Å²) in [4.78, 5) is 22.2. The Morgan fingerprint density at radius 2 is 2.15 bits per heavy atom. The first-order chi connectivity index (χ1) is 9.63. The second-order valence-corrected chi connectivity index (χ2v) is 4.52. The Bertz CT molecular complexity index is 603. The van der Waals surface area contributed by atoms with E-state index < -0.39 is 0 Å². The fourth-order valence-corrected chi connectivity index (χ4v) is 1.87. The predicted molar refractivity (Wildman–Crippen MR) is 80.4 cm³/mol. The van der Waals surface area contributed by atoms with Crippen LogP contribution < -0.4 is 10.2 Å². The summed E-state index contributed by atoms with van der Waals surface area (Å²) in [6, 6.07) is 8.75. The minimum Gasteiger partial charge on any atom is -0.370 e. The molecule has 0 aliphatic heterocycles. The Hall–Kier alpha value is -2.14. The molecule has 1 N–H and O–H groups in total. The highest BCUT2D eigenvalue weighted by atomic mass is 35.5. The van der Waals surface area contributed by atoms with E-state index in [0.29, 0.717) is 16.7 Å². The molecule has 0 bridgehead atoms. The van der Waals surface area contributed by atoms with Crippen molar-refractivity contribution in [2.45, 2.75) is 6.92 Å². The Balaban J connectivity index is 2.31. The molecule has 0 aromatic carbocycles. The number of aromatic nitrogens is 2. The Morgan fingerprint density at radius 1 is 1.35 bits per heavy atom. The van der Waals surface area contributed by atoms with Crippen molar-refractivity contribution >= 4 is 29.1 Å². The standard InChI is InChI=1S/C14H15ClN4O/c1-3-16-11-8-7-10(15)13(18-11)14(20)19(2)12-6-4-5-9-17-12/h4-9H,3H2,1-2H3,(H,16,18). The van der Waals surface area contributed by atoms with Crippen LogP contribution in [0.1, 0.15) is 17.4 Å². The van der Waals surface area contributed by atoms with E-state index in [-0.39, 0.29) is 11.6 Å². The van der Waals surface area contributed by atoms with E-state index in [1.165, 1.54) is 4.90 Å². The van der Waals surface area contributed by atoms with Gasteiger partial charge in [0.15, 0.2) is 0 Å². The van der Waals surface area contributed by atoms with Gasteiger partial charge < -0.3 is 5.32 Å². The van der Waals surface area contributed by atoms with Crippen LogP contribution in [0.5, 0.6) is 0 Å². The molecule has 2 heterocycles. The Labute approximate surface area is 122 Å². The van der Waals surface area contributed by atoms with Crippen molar-refractivity contribution in [2.75, 3.05) is 23.8 Å². The number of pyridine rings is 2. The third kappa shape index (κ3) is 3.05. The maximum atomic E-state index is 12.4. The first-order valence-corrected chi connectivity index (χ1v) is 6.60. The topological polar surface area (TPSA) is 58.1 Å². The minimum absolute atomic E-state index is 0.207. The van der Waals surface area contributed by atoms with Gasteiger partial charge in [-0.15, -0.1) is 0 Å². The van der Waals surface area contributed by atoms with Gasteiger partial charge in [0.1, 0.15) is 17.3 Å². The van der Waals surface area contributed by atoms with Crippen molar-refractivity contribution in [3.8, 4) is 0 Å². The van der Waals surface area contributed by atoms with Gasteiger partial charge >= 0.3 is 0 Å². The normalized spacial score (nSPS) is 10.2. The molecule has 0 spiro atoms. The van der Waals surface area contributed by atoms with Crippen LogP contribution in [0, 0.1) is 0 Å². The van der Waals surface area contributed by atoms with E-state index >= 15 is 0 Å². The smallest absolute Gasteiger partial charge is 0.279 e. The lowest BCUT2D eigenvalue weighted by atomic mass is 10.3. The molecule has 6 heteroatoms. The summed E-state index contributed by atoms with van der Waals surface area (Å²) < 4.78 is 0. The van der Waals surface area contributed by atoms with Crippen LogP contribution in [-0.2, 0) is 0 Å². The Kier molecular flexibility index (Phi) is 4.53. The third-order valence-electron chi connectivity index (χ3n) is 2.70. The molecule has 0 saturated heterocycles. The van der Waals surface area contributed by atoms with Gasteiger partial charge in [-0.2, -0.15) is 0 Å². The lowest BCUT2D eigenvalue weighted by molar-refractivity contribution is 0.0988. The molecule has 0 radical (unpaired) electrons. The molecule has 0 saturated carbocycles. The van der Waals surface area contributed by atoms with E-state index in [4.69, 9.17) is 11.6 Å². The van der Waals surface area contributed by atoms with Crippen molar-refractivity contribution in [3.05, 3.63) is 47.2 Å². The highest BCUT2D eigenvalue weighted by Crippen LogP contribution is 2.20.